The summed E-state index contributed by atoms with van der Waals surface area (Å²) in [6, 6.07) is 9.79. The minimum absolute atomic E-state index is 0.155. The molecule has 1 saturated heterocycles. The van der Waals surface area contributed by atoms with Gasteiger partial charge < -0.3 is 10.2 Å². The van der Waals surface area contributed by atoms with Gasteiger partial charge in [0.25, 0.3) is 11.5 Å². The van der Waals surface area contributed by atoms with Gasteiger partial charge in [-0.2, -0.15) is 5.26 Å². The summed E-state index contributed by atoms with van der Waals surface area (Å²) in [6.45, 7) is 6.18. The van der Waals surface area contributed by atoms with Crippen LogP contribution >= 0.6 is 11.3 Å². The SMILES string of the molecule is CCC.N#Cc1ccccc1Cn1c(N2CCCCC2)nc2c(C(=O)NC3CC3)csc2c1=O. The molecule has 178 valence electrons. The average molecular weight is 478 g/mol. The van der Waals surface area contributed by atoms with Gasteiger partial charge in [-0.15, -0.1) is 11.3 Å². The first kappa shape index (κ1) is 24.0. The molecule has 0 unspecified atom stereocenters. The highest BCUT2D eigenvalue weighted by Crippen LogP contribution is 2.28. The molecule has 8 heteroatoms. The lowest BCUT2D eigenvalue weighted by Crippen LogP contribution is -2.36. The smallest absolute Gasteiger partial charge is 0.273 e. The summed E-state index contributed by atoms with van der Waals surface area (Å²) in [7, 11) is 0. The number of anilines is 1. The predicted octanol–water partition coefficient (Wildman–Crippen LogP) is 4.68. The largest absolute Gasteiger partial charge is 0.349 e. The molecular formula is C26H31N5O2S. The van der Waals surface area contributed by atoms with Gasteiger partial charge in [0.2, 0.25) is 5.95 Å². The van der Waals surface area contributed by atoms with Crippen LogP contribution in [0.5, 0.6) is 0 Å². The van der Waals surface area contributed by atoms with Crippen molar-refractivity contribution in [1.82, 2.24) is 14.9 Å². The van der Waals surface area contributed by atoms with Crippen LogP contribution < -0.4 is 15.8 Å². The molecule has 1 aromatic carbocycles. The van der Waals surface area contributed by atoms with Crippen LogP contribution in [0.2, 0.25) is 0 Å². The molecule has 2 aromatic heterocycles. The molecule has 0 spiro atoms. The van der Waals surface area contributed by atoms with Gasteiger partial charge >= 0.3 is 0 Å². The number of nitrogens with zero attached hydrogens (tertiary/aromatic N) is 4. The van der Waals surface area contributed by atoms with Crippen molar-refractivity contribution in [3.63, 3.8) is 0 Å². The fraction of sp³-hybridized carbons (Fsp3) is 0.462. The lowest BCUT2D eigenvalue weighted by Gasteiger charge is -2.29. The predicted molar refractivity (Wildman–Crippen MR) is 137 cm³/mol. The van der Waals surface area contributed by atoms with E-state index in [9.17, 15) is 14.9 Å². The van der Waals surface area contributed by atoms with E-state index >= 15 is 0 Å². The third kappa shape index (κ3) is 5.15. The molecule has 1 N–H and O–H groups in total. The molecule has 3 heterocycles. The Labute approximate surface area is 204 Å². The molecule has 34 heavy (non-hydrogen) atoms. The van der Waals surface area contributed by atoms with Crippen molar-refractivity contribution in [2.45, 2.75) is 65.0 Å². The number of rotatable bonds is 5. The van der Waals surface area contributed by atoms with Crippen LogP contribution in [0.4, 0.5) is 5.95 Å². The van der Waals surface area contributed by atoms with Crippen molar-refractivity contribution < 1.29 is 4.79 Å². The highest BCUT2D eigenvalue weighted by molar-refractivity contribution is 7.17. The molecule has 0 radical (unpaired) electrons. The third-order valence-corrected chi connectivity index (χ3v) is 6.88. The Bertz CT molecular complexity index is 1260. The maximum Gasteiger partial charge on any atom is 0.273 e. The van der Waals surface area contributed by atoms with Crippen molar-refractivity contribution >= 4 is 33.4 Å². The van der Waals surface area contributed by atoms with Crippen LogP contribution in [0.3, 0.4) is 0 Å². The van der Waals surface area contributed by atoms with E-state index in [1.165, 1.54) is 17.8 Å². The van der Waals surface area contributed by atoms with Crippen LogP contribution in [0, 0.1) is 11.3 Å². The molecule has 3 aromatic rings. The van der Waals surface area contributed by atoms with Crippen molar-refractivity contribution in [3.8, 4) is 6.07 Å². The van der Waals surface area contributed by atoms with Gasteiger partial charge in [-0.25, -0.2) is 4.98 Å². The summed E-state index contributed by atoms with van der Waals surface area (Å²) in [5.74, 6) is 0.432. The summed E-state index contributed by atoms with van der Waals surface area (Å²) in [5, 5.41) is 14.2. The van der Waals surface area contributed by atoms with Crippen LogP contribution in [-0.4, -0.2) is 34.6 Å². The number of carbonyl (C=O) groups excluding carboxylic acids is 1. The normalized spacial score (nSPS) is 15.4. The lowest BCUT2D eigenvalue weighted by molar-refractivity contribution is 0.0953. The number of piperidine rings is 1. The fourth-order valence-corrected chi connectivity index (χ4v) is 4.99. The van der Waals surface area contributed by atoms with Crippen molar-refractivity contribution in [2.75, 3.05) is 18.0 Å². The minimum atomic E-state index is -0.159. The second-order valence-electron chi connectivity index (χ2n) is 8.90. The molecule has 1 aliphatic carbocycles. The molecule has 7 nitrogen and oxygen atoms in total. The number of amides is 1. The Hall–Kier alpha value is -3.18. The zero-order valence-corrected chi connectivity index (χ0v) is 20.7. The number of hydrogen-bond donors (Lipinski definition) is 1. The topological polar surface area (TPSA) is 91.0 Å². The molecule has 2 fully saturated rings. The first-order valence-corrected chi connectivity index (χ1v) is 13.0. The van der Waals surface area contributed by atoms with Crippen molar-refractivity contribution in [1.29, 1.82) is 5.26 Å². The third-order valence-electron chi connectivity index (χ3n) is 5.92. The number of benzene rings is 1. The molecule has 0 bridgehead atoms. The van der Waals surface area contributed by atoms with E-state index in [1.54, 1.807) is 16.0 Å². The van der Waals surface area contributed by atoms with Crippen molar-refractivity contribution in [3.05, 3.63) is 56.7 Å². The van der Waals surface area contributed by atoms with Crippen LogP contribution in [-0.2, 0) is 6.54 Å². The monoisotopic (exact) mass is 477 g/mol. The lowest BCUT2D eigenvalue weighted by atomic mass is 10.1. The highest BCUT2D eigenvalue weighted by Gasteiger charge is 2.27. The van der Waals surface area contributed by atoms with Crippen LogP contribution in [0.15, 0.2) is 34.4 Å². The van der Waals surface area contributed by atoms with Gasteiger partial charge in [0.1, 0.15) is 10.2 Å². The highest BCUT2D eigenvalue weighted by atomic mass is 32.1. The second-order valence-corrected chi connectivity index (χ2v) is 9.78. The van der Waals surface area contributed by atoms with Crippen LogP contribution in [0.25, 0.3) is 10.2 Å². The van der Waals surface area contributed by atoms with Gasteiger partial charge in [-0.1, -0.05) is 38.5 Å². The standard InChI is InChI=1S/C23H23N5O2S.C3H8/c24-12-15-6-2-3-7-16(15)13-28-22(30)20-19(26-23(28)27-10-4-1-5-11-27)18(14-31-20)21(29)25-17-8-9-17;1-3-2/h2-3,6-7,14,17H,1,4-5,8-11,13H2,(H,25,29);3H2,1-2H3. The van der Waals surface area contributed by atoms with E-state index in [-0.39, 0.29) is 24.1 Å². The quantitative estimate of drug-likeness (QED) is 0.576. The molecule has 1 aliphatic heterocycles. The maximum atomic E-state index is 13.6. The summed E-state index contributed by atoms with van der Waals surface area (Å²) in [6.07, 6.45) is 6.51. The van der Waals surface area contributed by atoms with E-state index in [0.29, 0.717) is 27.3 Å². The van der Waals surface area contributed by atoms with Crippen LogP contribution in [0.1, 0.15) is 73.9 Å². The Kier molecular flexibility index (Phi) is 7.63. The number of fused-ring (bicyclic) bond motifs is 1. The minimum Gasteiger partial charge on any atom is -0.349 e. The number of carbonyl (C=O) groups is 1. The number of nitriles is 1. The van der Waals surface area contributed by atoms with E-state index in [4.69, 9.17) is 4.98 Å². The van der Waals surface area contributed by atoms with Gasteiger partial charge in [0, 0.05) is 24.5 Å². The van der Waals surface area contributed by atoms with Gasteiger partial charge in [-0.05, 0) is 43.7 Å². The summed E-state index contributed by atoms with van der Waals surface area (Å²) in [5.41, 5.74) is 2.14. The molecule has 0 atom stereocenters. The molecule has 2 aliphatic rings. The zero-order chi connectivity index (χ0) is 24.1. The van der Waals surface area contributed by atoms with E-state index in [0.717, 1.165) is 50.8 Å². The van der Waals surface area contributed by atoms with Gasteiger partial charge in [-0.3, -0.25) is 14.2 Å². The first-order chi connectivity index (χ1) is 16.6. The van der Waals surface area contributed by atoms with Gasteiger partial charge in [0.15, 0.2) is 0 Å². The Morgan fingerprint density at radius 1 is 1.21 bits per heavy atom. The van der Waals surface area contributed by atoms with E-state index < -0.39 is 0 Å². The molecule has 1 amide bonds. The molecule has 5 rings (SSSR count). The van der Waals surface area contributed by atoms with E-state index in [2.05, 4.69) is 30.1 Å². The van der Waals surface area contributed by atoms with Crippen molar-refractivity contribution in [2.24, 2.45) is 0 Å². The summed E-state index contributed by atoms with van der Waals surface area (Å²) >= 11 is 1.27. The Morgan fingerprint density at radius 2 is 1.91 bits per heavy atom. The van der Waals surface area contributed by atoms with Gasteiger partial charge in [0.05, 0.1) is 23.7 Å². The molecular weight excluding hydrogens is 446 g/mol. The number of aromatic nitrogens is 2. The Morgan fingerprint density at radius 3 is 2.59 bits per heavy atom. The summed E-state index contributed by atoms with van der Waals surface area (Å²) < 4.78 is 2.15. The van der Waals surface area contributed by atoms with E-state index in [1.807, 2.05) is 18.2 Å². The summed E-state index contributed by atoms with van der Waals surface area (Å²) in [4.78, 5) is 33.3. The fourth-order valence-electron chi connectivity index (χ4n) is 4.06. The number of hydrogen-bond acceptors (Lipinski definition) is 6. The zero-order valence-electron chi connectivity index (χ0n) is 19.8. The Balaban J connectivity index is 0.000000868. The number of nitrogens with one attached hydrogen (secondary N) is 1. The maximum absolute atomic E-state index is 13.6. The first-order valence-electron chi connectivity index (χ1n) is 12.1. The number of thiophene rings is 1. The second kappa shape index (κ2) is 10.8. The molecule has 1 saturated carbocycles. The average Bonchev–Trinajstić information content (AvgIpc) is 3.56.